The van der Waals surface area contributed by atoms with E-state index in [-0.39, 0.29) is 17.5 Å². The van der Waals surface area contributed by atoms with Gasteiger partial charge in [-0.1, -0.05) is 0 Å². The Morgan fingerprint density at radius 2 is 1.85 bits per heavy atom. The molecule has 7 nitrogen and oxygen atoms in total. The lowest BCUT2D eigenvalue weighted by Gasteiger charge is -2.03. The number of carbonyl (C=O) groups excluding carboxylic acids is 2. The lowest BCUT2D eigenvalue weighted by atomic mass is 10.2. The normalized spacial score (nSPS) is 14.0. The maximum Gasteiger partial charge on any atom is 0.269 e. The second-order valence-corrected chi connectivity index (χ2v) is 4.43. The second-order valence-electron chi connectivity index (χ2n) is 4.43. The van der Waals surface area contributed by atoms with E-state index in [9.17, 15) is 19.7 Å². The first-order valence-corrected chi connectivity index (χ1v) is 6.08. The van der Waals surface area contributed by atoms with Crippen LogP contribution < -0.4 is 10.9 Å². The summed E-state index contributed by atoms with van der Waals surface area (Å²) in [7, 11) is 0. The number of nitro groups is 1. The molecule has 1 aliphatic carbocycles. The van der Waals surface area contributed by atoms with E-state index in [4.69, 9.17) is 0 Å². The summed E-state index contributed by atoms with van der Waals surface area (Å²) in [6.45, 7) is 0. The predicted octanol–water partition coefficient (Wildman–Crippen LogP) is 1.17. The molecule has 0 unspecified atom stereocenters. The van der Waals surface area contributed by atoms with Crippen LogP contribution in [-0.2, 0) is 9.59 Å². The fourth-order valence-electron chi connectivity index (χ4n) is 1.49. The summed E-state index contributed by atoms with van der Waals surface area (Å²) in [5, 5.41) is 10.5. The monoisotopic (exact) mass is 275 g/mol. The van der Waals surface area contributed by atoms with Gasteiger partial charge in [-0.3, -0.25) is 30.6 Å². The molecule has 0 bridgehead atoms. The van der Waals surface area contributed by atoms with Gasteiger partial charge in [0.15, 0.2) is 0 Å². The van der Waals surface area contributed by atoms with Gasteiger partial charge in [0.05, 0.1) is 4.92 Å². The lowest BCUT2D eigenvalue weighted by molar-refractivity contribution is -0.384. The number of hydrogen-bond donors (Lipinski definition) is 2. The highest BCUT2D eigenvalue weighted by Crippen LogP contribution is 2.28. The minimum atomic E-state index is -0.492. The largest absolute Gasteiger partial charge is 0.273 e. The molecule has 2 amide bonds. The number of nitrogens with one attached hydrogen (secondary N) is 2. The quantitative estimate of drug-likeness (QED) is 0.489. The number of amides is 2. The Balaban J connectivity index is 1.83. The van der Waals surface area contributed by atoms with E-state index in [0.717, 1.165) is 12.8 Å². The molecule has 0 atom stereocenters. The maximum absolute atomic E-state index is 11.4. The zero-order valence-electron chi connectivity index (χ0n) is 10.5. The third-order valence-electron chi connectivity index (χ3n) is 2.79. The Hall–Kier alpha value is -2.70. The van der Waals surface area contributed by atoms with Gasteiger partial charge in [0.1, 0.15) is 0 Å². The summed E-state index contributed by atoms with van der Waals surface area (Å²) in [6, 6.07) is 5.77. The van der Waals surface area contributed by atoms with Crippen LogP contribution in [0.5, 0.6) is 0 Å². The standard InChI is InChI=1S/C13H13N3O4/c17-12(14-15-13(18)10-4-5-10)8-3-9-1-6-11(7-2-9)16(19)20/h1-3,6-8,10H,4-5H2,(H,14,17)(H,15,18)/b8-3+. The van der Waals surface area contributed by atoms with Crippen molar-refractivity contribution in [2.24, 2.45) is 5.92 Å². The van der Waals surface area contributed by atoms with Crippen LogP contribution in [0.1, 0.15) is 18.4 Å². The summed E-state index contributed by atoms with van der Waals surface area (Å²) in [5.74, 6) is -0.617. The third kappa shape index (κ3) is 3.91. The molecule has 0 aliphatic heterocycles. The third-order valence-corrected chi connectivity index (χ3v) is 2.79. The smallest absolute Gasteiger partial charge is 0.269 e. The minimum Gasteiger partial charge on any atom is -0.273 e. The van der Waals surface area contributed by atoms with Crippen LogP contribution in [-0.4, -0.2) is 16.7 Å². The van der Waals surface area contributed by atoms with E-state index < -0.39 is 10.8 Å². The summed E-state index contributed by atoms with van der Waals surface area (Å²) in [5.41, 5.74) is 5.24. The van der Waals surface area contributed by atoms with Crippen molar-refractivity contribution in [3.05, 3.63) is 46.0 Å². The van der Waals surface area contributed by atoms with Crippen LogP contribution in [0.15, 0.2) is 30.3 Å². The van der Waals surface area contributed by atoms with Gasteiger partial charge in [0.25, 0.3) is 11.6 Å². The van der Waals surface area contributed by atoms with Gasteiger partial charge in [-0.15, -0.1) is 0 Å². The highest BCUT2D eigenvalue weighted by molar-refractivity contribution is 5.93. The first-order valence-electron chi connectivity index (χ1n) is 6.08. The maximum atomic E-state index is 11.4. The molecule has 1 aliphatic rings. The summed E-state index contributed by atoms with van der Waals surface area (Å²) in [4.78, 5) is 32.7. The average Bonchev–Trinajstić information content (AvgIpc) is 3.27. The van der Waals surface area contributed by atoms with E-state index >= 15 is 0 Å². The van der Waals surface area contributed by atoms with Crippen LogP contribution in [0, 0.1) is 16.0 Å². The van der Waals surface area contributed by atoms with Crippen molar-refractivity contribution < 1.29 is 14.5 Å². The number of hydrazine groups is 1. The highest BCUT2D eigenvalue weighted by atomic mass is 16.6. The molecular formula is C13H13N3O4. The molecule has 0 radical (unpaired) electrons. The van der Waals surface area contributed by atoms with Crippen LogP contribution in [0.2, 0.25) is 0 Å². The summed E-state index contributed by atoms with van der Waals surface area (Å²) < 4.78 is 0. The number of non-ortho nitro benzene ring substituents is 1. The van der Waals surface area contributed by atoms with Crippen LogP contribution in [0.4, 0.5) is 5.69 Å². The van der Waals surface area contributed by atoms with Crippen molar-refractivity contribution in [2.45, 2.75) is 12.8 Å². The van der Waals surface area contributed by atoms with Crippen molar-refractivity contribution in [3.8, 4) is 0 Å². The van der Waals surface area contributed by atoms with Crippen molar-refractivity contribution >= 4 is 23.6 Å². The molecule has 0 spiro atoms. The SMILES string of the molecule is O=C(/C=C/c1ccc([N+](=O)[O-])cc1)NNC(=O)C1CC1. The molecule has 0 aromatic heterocycles. The molecule has 0 saturated heterocycles. The van der Waals surface area contributed by atoms with Crippen molar-refractivity contribution in [1.29, 1.82) is 0 Å². The van der Waals surface area contributed by atoms with E-state index in [1.807, 2.05) is 0 Å². The van der Waals surface area contributed by atoms with E-state index in [1.165, 1.54) is 36.4 Å². The highest BCUT2D eigenvalue weighted by Gasteiger charge is 2.29. The predicted molar refractivity (Wildman–Crippen MR) is 71.1 cm³/mol. The summed E-state index contributed by atoms with van der Waals surface area (Å²) in [6.07, 6.45) is 4.47. The van der Waals surface area contributed by atoms with Gasteiger partial charge < -0.3 is 0 Å². The van der Waals surface area contributed by atoms with Crippen molar-refractivity contribution in [3.63, 3.8) is 0 Å². The van der Waals surface area contributed by atoms with Crippen molar-refractivity contribution in [2.75, 3.05) is 0 Å². The zero-order chi connectivity index (χ0) is 14.5. The molecule has 2 rings (SSSR count). The number of nitrogens with zero attached hydrogens (tertiary/aromatic N) is 1. The molecule has 2 N–H and O–H groups in total. The van der Waals surface area contributed by atoms with Crippen LogP contribution in [0.25, 0.3) is 6.08 Å². The first-order chi connectivity index (χ1) is 9.56. The number of carbonyl (C=O) groups is 2. The van der Waals surface area contributed by atoms with Gasteiger partial charge in [-0.05, 0) is 36.6 Å². The van der Waals surface area contributed by atoms with E-state index in [2.05, 4.69) is 10.9 Å². The van der Waals surface area contributed by atoms with Crippen LogP contribution >= 0.6 is 0 Å². The Bertz CT molecular complexity index is 561. The second kappa shape index (κ2) is 5.96. The molecule has 104 valence electrons. The van der Waals surface area contributed by atoms with Crippen LogP contribution in [0.3, 0.4) is 0 Å². The van der Waals surface area contributed by atoms with Gasteiger partial charge >= 0.3 is 0 Å². The average molecular weight is 275 g/mol. The molecule has 1 fully saturated rings. The Kier molecular flexibility index (Phi) is 4.09. The number of benzene rings is 1. The Labute approximate surface area is 114 Å². The topological polar surface area (TPSA) is 101 Å². The molecule has 20 heavy (non-hydrogen) atoms. The number of rotatable bonds is 4. The fourth-order valence-corrected chi connectivity index (χ4v) is 1.49. The minimum absolute atomic E-state index is 0.0108. The number of nitro benzene ring substituents is 1. The fraction of sp³-hybridized carbons (Fsp3) is 0.231. The van der Waals surface area contributed by atoms with E-state index in [1.54, 1.807) is 0 Å². The van der Waals surface area contributed by atoms with E-state index in [0.29, 0.717) is 5.56 Å². The Morgan fingerprint density at radius 3 is 2.40 bits per heavy atom. The molecule has 1 aromatic carbocycles. The van der Waals surface area contributed by atoms with Gasteiger partial charge in [-0.25, -0.2) is 0 Å². The summed E-state index contributed by atoms with van der Waals surface area (Å²) >= 11 is 0. The lowest BCUT2D eigenvalue weighted by Crippen LogP contribution is -2.41. The Morgan fingerprint density at radius 1 is 1.20 bits per heavy atom. The number of hydrogen-bond acceptors (Lipinski definition) is 4. The van der Waals surface area contributed by atoms with Gasteiger partial charge in [-0.2, -0.15) is 0 Å². The molecular weight excluding hydrogens is 262 g/mol. The van der Waals surface area contributed by atoms with Gasteiger partial charge in [0.2, 0.25) is 5.91 Å². The molecule has 1 aromatic rings. The molecule has 0 heterocycles. The molecule has 1 saturated carbocycles. The van der Waals surface area contributed by atoms with Gasteiger partial charge in [0, 0.05) is 24.1 Å². The van der Waals surface area contributed by atoms with Crippen molar-refractivity contribution in [1.82, 2.24) is 10.9 Å². The first kappa shape index (κ1) is 13.7. The zero-order valence-corrected chi connectivity index (χ0v) is 10.5. The molecule has 7 heteroatoms.